The molecular formula is C34H23N3O2PtS. The summed E-state index contributed by atoms with van der Waals surface area (Å²) >= 11 is 1.77. The zero-order valence-electron chi connectivity index (χ0n) is 22.0. The first-order valence-corrected chi connectivity index (χ1v) is 14.5. The van der Waals surface area contributed by atoms with Crippen molar-refractivity contribution >= 4 is 39.6 Å². The Labute approximate surface area is 256 Å². The molecule has 5 aromatic rings. The van der Waals surface area contributed by atoms with E-state index >= 15 is 0 Å². The molecule has 4 aliphatic rings. The van der Waals surface area contributed by atoms with Crippen molar-refractivity contribution in [3.8, 4) is 17.2 Å². The second-order valence-electron chi connectivity index (χ2n) is 10.8. The van der Waals surface area contributed by atoms with E-state index in [4.69, 9.17) is 19.5 Å². The summed E-state index contributed by atoms with van der Waals surface area (Å²) in [5, 5.41) is 2.34. The summed E-state index contributed by atoms with van der Waals surface area (Å²) in [5.41, 5.74) is 4.89. The molecule has 0 N–H and O–H groups in total. The van der Waals surface area contributed by atoms with Crippen LogP contribution in [0.2, 0.25) is 0 Å². The van der Waals surface area contributed by atoms with E-state index in [0.717, 1.165) is 39.2 Å². The summed E-state index contributed by atoms with van der Waals surface area (Å²) < 4.78 is 15.0. The van der Waals surface area contributed by atoms with Crippen LogP contribution >= 0.6 is 11.8 Å². The van der Waals surface area contributed by atoms with Crippen molar-refractivity contribution in [1.29, 1.82) is 0 Å². The normalized spacial score (nSPS) is 23.0. The van der Waals surface area contributed by atoms with Crippen molar-refractivity contribution < 1.29 is 30.5 Å². The molecule has 2 aromatic heterocycles. The molecular weight excluding hydrogens is 710 g/mol. The van der Waals surface area contributed by atoms with Gasteiger partial charge in [-0.15, -0.1) is 29.8 Å². The number of hydrogen-bond donors (Lipinski definition) is 0. The summed E-state index contributed by atoms with van der Waals surface area (Å²) in [5.74, 6) is 2.88. The summed E-state index contributed by atoms with van der Waals surface area (Å²) in [6.07, 6.45) is 11.8. The third-order valence-corrected chi connectivity index (χ3v) is 9.52. The maximum Gasteiger partial charge on any atom is 2.00 e. The Kier molecular flexibility index (Phi) is 5.81. The van der Waals surface area contributed by atoms with Gasteiger partial charge < -0.3 is 14.0 Å². The Balaban J connectivity index is 0.00000256. The summed E-state index contributed by atoms with van der Waals surface area (Å²) in [4.78, 5) is 12.1. The molecule has 4 atom stereocenters. The molecule has 5 nitrogen and oxygen atoms in total. The third kappa shape index (κ3) is 3.80. The topological polar surface area (TPSA) is 48.6 Å². The minimum absolute atomic E-state index is 0. The molecule has 9 rings (SSSR count). The molecule has 0 spiro atoms. The van der Waals surface area contributed by atoms with E-state index in [1.165, 1.54) is 15.8 Å². The van der Waals surface area contributed by atoms with E-state index in [9.17, 15) is 0 Å². The van der Waals surface area contributed by atoms with Gasteiger partial charge >= 0.3 is 21.1 Å². The number of fused-ring (bicyclic) bond motifs is 8. The van der Waals surface area contributed by atoms with Crippen LogP contribution in [-0.2, 0) is 25.8 Å². The Morgan fingerprint density at radius 2 is 1.88 bits per heavy atom. The first kappa shape index (κ1) is 25.1. The number of hydrogen-bond acceptors (Lipinski definition) is 5. The number of aliphatic imine (C=N–C) groups is 1. The predicted molar refractivity (Wildman–Crippen MR) is 157 cm³/mol. The van der Waals surface area contributed by atoms with Crippen molar-refractivity contribution in [2.75, 3.05) is 0 Å². The molecule has 1 saturated carbocycles. The van der Waals surface area contributed by atoms with Gasteiger partial charge in [-0.25, -0.2) is 4.98 Å². The van der Waals surface area contributed by atoms with Crippen LogP contribution in [0.1, 0.15) is 17.5 Å². The maximum atomic E-state index is 6.44. The first-order chi connectivity index (χ1) is 19.7. The first-order valence-electron chi connectivity index (χ1n) is 13.6. The number of nitrogens with zero attached hydrogens (tertiary/aromatic N) is 3. The summed E-state index contributed by atoms with van der Waals surface area (Å²) in [6.45, 7) is 2.06. The van der Waals surface area contributed by atoms with Crippen molar-refractivity contribution in [3.63, 3.8) is 0 Å². The molecule has 2 aliphatic heterocycles. The van der Waals surface area contributed by atoms with Gasteiger partial charge in [0.25, 0.3) is 0 Å². The fourth-order valence-corrected chi connectivity index (χ4v) is 7.78. The second-order valence-corrected chi connectivity index (χ2v) is 11.9. The molecule has 7 heteroatoms. The predicted octanol–water partition coefficient (Wildman–Crippen LogP) is 7.62. The largest absolute Gasteiger partial charge is 2.00 e. The van der Waals surface area contributed by atoms with Crippen LogP contribution in [0, 0.1) is 30.9 Å². The SMILES string of the molecule is Cc1cc2c([c-]c1Oc1[c-]c(C3=N[C@@H]4C5C=CC=CC5C[C@@H]4O3)ccc1)-n1c3ncccc3c3cccc(c31)S2.[Pt+2]. The number of rotatable bonds is 3. The zero-order chi connectivity index (χ0) is 26.4. The molecule has 0 amide bonds. The van der Waals surface area contributed by atoms with Gasteiger partial charge in [0, 0.05) is 39.3 Å². The monoisotopic (exact) mass is 732 g/mol. The molecule has 2 aliphatic carbocycles. The van der Waals surface area contributed by atoms with E-state index in [1.807, 2.05) is 30.5 Å². The van der Waals surface area contributed by atoms with Crippen LogP contribution in [0.3, 0.4) is 0 Å². The van der Waals surface area contributed by atoms with Gasteiger partial charge in [0.15, 0.2) is 0 Å². The van der Waals surface area contributed by atoms with Crippen molar-refractivity contribution in [1.82, 2.24) is 9.55 Å². The van der Waals surface area contributed by atoms with Gasteiger partial charge in [-0.2, -0.15) is 17.8 Å². The molecule has 1 fully saturated rings. The van der Waals surface area contributed by atoms with Crippen LogP contribution in [0.5, 0.6) is 11.5 Å². The fourth-order valence-electron chi connectivity index (χ4n) is 6.63. The quantitative estimate of drug-likeness (QED) is 0.176. The van der Waals surface area contributed by atoms with E-state index < -0.39 is 0 Å². The number of benzene rings is 3. The average Bonchev–Trinajstić information content (AvgIpc) is 3.65. The molecule has 2 unspecified atom stereocenters. The smallest absolute Gasteiger partial charge is 0.515 e. The van der Waals surface area contributed by atoms with Gasteiger partial charge in [0.2, 0.25) is 0 Å². The molecule has 3 aromatic carbocycles. The third-order valence-electron chi connectivity index (χ3n) is 8.44. The maximum absolute atomic E-state index is 6.44. The standard InChI is InChI=1S/C34H23N3O2S.Pt/c1-19-15-30-26(37-32-24(11-5-13-29(32)40-30)25-12-6-14-35-33(25)37)18-27(19)38-22-9-4-8-21(16-22)34-36-31-23-10-3-2-7-20(23)17-28(31)39-34;/h2-15,20,23,28,31H,17H2,1H3;/q-2;+2/t20?,23?,28-,31+;/m0./s1. The van der Waals surface area contributed by atoms with Gasteiger partial charge in [0.1, 0.15) is 17.6 Å². The molecule has 41 heavy (non-hydrogen) atoms. The van der Waals surface area contributed by atoms with Gasteiger partial charge in [-0.05, 0) is 36.2 Å². The Bertz CT molecular complexity index is 1980. The van der Waals surface area contributed by atoms with E-state index in [2.05, 4.69) is 78.3 Å². The van der Waals surface area contributed by atoms with E-state index in [1.54, 1.807) is 11.8 Å². The van der Waals surface area contributed by atoms with E-state index in [-0.39, 0.29) is 33.2 Å². The van der Waals surface area contributed by atoms with Gasteiger partial charge in [-0.3, -0.25) is 4.99 Å². The van der Waals surface area contributed by atoms with Crippen molar-refractivity contribution in [2.45, 2.75) is 35.3 Å². The number of aryl methyl sites for hydroxylation is 1. The van der Waals surface area contributed by atoms with Crippen molar-refractivity contribution in [3.05, 3.63) is 108 Å². The minimum atomic E-state index is 0. The van der Waals surface area contributed by atoms with Crippen LogP contribution < -0.4 is 4.74 Å². The average molecular weight is 733 g/mol. The van der Waals surface area contributed by atoms with Crippen molar-refractivity contribution in [2.24, 2.45) is 16.8 Å². The van der Waals surface area contributed by atoms with E-state index in [0.29, 0.717) is 29.2 Å². The number of pyridine rings is 1. The number of allylic oxidation sites excluding steroid dienone is 3. The Hall–Kier alpha value is -3.60. The molecule has 0 saturated heterocycles. The fraction of sp³-hybridized carbons (Fsp3) is 0.176. The number of para-hydroxylation sites is 1. The molecule has 0 radical (unpaired) electrons. The van der Waals surface area contributed by atoms with Crippen LogP contribution in [0.25, 0.3) is 27.6 Å². The second kappa shape index (κ2) is 9.47. The summed E-state index contributed by atoms with van der Waals surface area (Å²) in [7, 11) is 0. The molecule has 0 bridgehead atoms. The molecule has 4 heterocycles. The zero-order valence-corrected chi connectivity index (χ0v) is 25.1. The Morgan fingerprint density at radius 3 is 2.83 bits per heavy atom. The van der Waals surface area contributed by atoms with Gasteiger partial charge in [-0.1, -0.05) is 59.9 Å². The molecule has 202 valence electrons. The minimum Gasteiger partial charge on any atom is -0.515 e. The van der Waals surface area contributed by atoms with Gasteiger partial charge in [0.05, 0.1) is 11.6 Å². The number of aromatic nitrogens is 2. The Morgan fingerprint density at radius 1 is 1.00 bits per heavy atom. The number of ether oxygens (including phenoxy) is 2. The van der Waals surface area contributed by atoms with Crippen LogP contribution in [-0.4, -0.2) is 27.6 Å². The van der Waals surface area contributed by atoms with Crippen LogP contribution in [0.15, 0.2) is 99.9 Å². The summed E-state index contributed by atoms with van der Waals surface area (Å²) in [6, 6.07) is 25.8. The van der Waals surface area contributed by atoms with Crippen LogP contribution in [0.4, 0.5) is 0 Å².